The third kappa shape index (κ3) is 2.73. The van der Waals surface area contributed by atoms with Crippen molar-refractivity contribution in [1.29, 1.82) is 0 Å². The number of hydrogen-bond donors (Lipinski definition) is 1. The van der Waals surface area contributed by atoms with Crippen LogP contribution in [0, 0.1) is 0 Å². The number of primary amides is 1. The maximum absolute atomic E-state index is 11.3. The second kappa shape index (κ2) is 4.85. The number of nitrogens with zero attached hydrogens (tertiary/aromatic N) is 3. The molecule has 102 valence electrons. The van der Waals surface area contributed by atoms with Crippen LogP contribution in [0.15, 0.2) is 18.0 Å². The molecule has 0 fully saturated rings. The molecule has 2 amide bonds. The van der Waals surface area contributed by atoms with Gasteiger partial charge in [0.05, 0.1) is 16.5 Å². The maximum atomic E-state index is 11.3. The smallest absolute Gasteiger partial charge is 0.319 e. The van der Waals surface area contributed by atoms with Crippen LogP contribution < -0.4 is 5.73 Å². The second-order valence-corrected chi connectivity index (χ2v) is 6.42. The second-order valence-electron chi connectivity index (χ2n) is 5.47. The Kier molecular flexibility index (Phi) is 3.54. The summed E-state index contributed by atoms with van der Waals surface area (Å²) in [5, 5.41) is 0. The van der Waals surface area contributed by atoms with Crippen LogP contribution in [-0.4, -0.2) is 26.8 Å². The molecule has 6 heteroatoms. The molecular weight excluding hydrogens is 260 g/mol. The predicted octanol–water partition coefficient (Wildman–Crippen LogP) is 2.55. The summed E-state index contributed by atoms with van der Waals surface area (Å²) in [4.78, 5) is 22.7. The van der Waals surface area contributed by atoms with E-state index in [2.05, 4.69) is 30.7 Å². The number of aromatic nitrogens is 2. The largest absolute Gasteiger partial charge is 0.351 e. The summed E-state index contributed by atoms with van der Waals surface area (Å²) in [6, 6.07) is 1.44. The van der Waals surface area contributed by atoms with E-state index in [-0.39, 0.29) is 5.41 Å². The standard InChI is InChI=1S/C13H18N4OS/c1-8-10(19-7-17(8)12(14)18)9-5-6-15-11(16-9)13(2,3)4/h5-6H,7H2,1-4H3,(H2,14,18). The molecule has 0 bridgehead atoms. The van der Waals surface area contributed by atoms with Crippen molar-refractivity contribution in [2.75, 3.05) is 5.88 Å². The molecule has 0 radical (unpaired) electrons. The van der Waals surface area contributed by atoms with Crippen molar-refractivity contribution in [1.82, 2.24) is 14.9 Å². The average Bonchev–Trinajstić information content (AvgIpc) is 2.70. The molecule has 0 aromatic carbocycles. The molecule has 2 heterocycles. The number of rotatable bonds is 1. The minimum Gasteiger partial charge on any atom is -0.351 e. The van der Waals surface area contributed by atoms with Gasteiger partial charge >= 0.3 is 6.03 Å². The van der Waals surface area contributed by atoms with Crippen molar-refractivity contribution in [3.05, 3.63) is 29.5 Å². The molecule has 0 spiro atoms. The van der Waals surface area contributed by atoms with Crippen molar-refractivity contribution >= 4 is 22.7 Å². The summed E-state index contributed by atoms with van der Waals surface area (Å²) >= 11 is 1.57. The highest BCUT2D eigenvalue weighted by Gasteiger charge is 2.26. The lowest BCUT2D eigenvalue weighted by Gasteiger charge is -2.17. The molecule has 0 saturated heterocycles. The van der Waals surface area contributed by atoms with Crippen LogP contribution in [-0.2, 0) is 5.41 Å². The molecule has 1 aromatic rings. The minimum absolute atomic E-state index is 0.100. The Balaban J connectivity index is 2.41. The topological polar surface area (TPSA) is 72.1 Å². The number of amides is 2. The first-order chi connectivity index (χ1) is 8.80. The van der Waals surface area contributed by atoms with Gasteiger partial charge in [0.25, 0.3) is 0 Å². The van der Waals surface area contributed by atoms with Crippen molar-refractivity contribution in [2.45, 2.75) is 33.1 Å². The van der Waals surface area contributed by atoms with Gasteiger partial charge in [-0.2, -0.15) is 0 Å². The van der Waals surface area contributed by atoms with E-state index in [4.69, 9.17) is 5.73 Å². The fraction of sp³-hybridized carbons (Fsp3) is 0.462. The Morgan fingerprint density at radius 3 is 2.68 bits per heavy atom. The Labute approximate surface area is 117 Å². The SMILES string of the molecule is CC1=C(c2ccnc(C(C)(C)C)n2)SCN1C(N)=O. The Hall–Kier alpha value is -1.56. The first-order valence-electron chi connectivity index (χ1n) is 6.05. The molecule has 1 aliphatic heterocycles. The number of thioether (sulfide) groups is 1. The first kappa shape index (κ1) is 13.9. The number of carbonyl (C=O) groups is 1. The molecule has 0 saturated carbocycles. The predicted molar refractivity (Wildman–Crippen MR) is 77.2 cm³/mol. The van der Waals surface area contributed by atoms with Crippen LogP contribution in [0.25, 0.3) is 4.91 Å². The molecule has 2 N–H and O–H groups in total. The highest BCUT2D eigenvalue weighted by molar-refractivity contribution is 8.08. The molecule has 1 aliphatic rings. The lowest BCUT2D eigenvalue weighted by Crippen LogP contribution is -2.31. The van der Waals surface area contributed by atoms with E-state index in [1.807, 2.05) is 13.0 Å². The van der Waals surface area contributed by atoms with Gasteiger partial charge in [-0.1, -0.05) is 32.5 Å². The quantitative estimate of drug-likeness (QED) is 0.857. The van der Waals surface area contributed by atoms with Crippen molar-refractivity contribution in [2.24, 2.45) is 5.73 Å². The van der Waals surface area contributed by atoms with Gasteiger partial charge in [0, 0.05) is 17.3 Å². The van der Waals surface area contributed by atoms with E-state index >= 15 is 0 Å². The average molecular weight is 278 g/mol. The number of hydrogen-bond acceptors (Lipinski definition) is 4. The van der Waals surface area contributed by atoms with E-state index < -0.39 is 6.03 Å². The van der Waals surface area contributed by atoms with Gasteiger partial charge in [0.15, 0.2) is 0 Å². The van der Waals surface area contributed by atoms with Crippen LogP contribution in [0.1, 0.15) is 39.2 Å². The van der Waals surface area contributed by atoms with E-state index in [0.717, 1.165) is 22.1 Å². The van der Waals surface area contributed by atoms with Gasteiger partial charge in [-0.05, 0) is 13.0 Å². The number of urea groups is 1. The highest BCUT2D eigenvalue weighted by atomic mass is 32.2. The summed E-state index contributed by atoms with van der Waals surface area (Å²) in [5.41, 5.74) is 6.94. The molecule has 19 heavy (non-hydrogen) atoms. The fourth-order valence-electron chi connectivity index (χ4n) is 1.79. The zero-order valence-corrected chi connectivity index (χ0v) is 12.4. The number of carbonyl (C=O) groups excluding carboxylic acids is 1. The van der Waals surface area contributed by atoms with Gasteiger partial charge in [-0.15, -0.1) is 0 Å². The monoisotopic (exact) mass is 278 g/mol. The molecule has 1 aromatic heterocycles. The Morgan fingerprint density at radius 2 is 2.16 bits per heavy atom. The van der Waals surface area contributed by atoms with Crippen molar-refractivity contribution in [3.8, 4) is 0 Å². The summed E-state index contributed by atoms with van der Waals surface area (Å²) in [6.07, 6.45) is 1.76. The normalized spacial score (nSPS) is 16.1. The fourth-order valence-corrected chi connectivity index (χ4v) is 2.95. The lowest BCUT2D eigenvalue weighted by molar-refractivity contribution is 0.228. The van der Waals surface area contributed by atoms with Crippen LogP contribution in [0.4, 0.5) is 4.79 Å². The van der Waals surface area contributed by atoms with Crippen molar-refractivity contribution < 1.29 is 4.79 Å². The van der Waals surface area contributed by atoms with Gasteiger partial charge in [0.2, 0.25) is 0 Å². The summed E-state index contributed by atoms with van der Waals surface area (Å²) < 4.78 is 0. The summed E-state index contributed by atoms with van der Waals surface area (Å²) in [7, 11) is 0. The van der Waals surface area contributed by atoms with Gasteiger partial charge in [0.1, 0.15) is 5.82 Å². The first-order valence-corrected chi connectivity index (χ1v) is 7.04. The molecular formula is C13H18N4OS. The van der Waals surface area contributed by atoms with Gasteiger partial charge in [-0.25, -0.2) is 14.8 Å². The third-order valence-corrected chi connectivity index (χ3v) is 4.08. The van der Waals surface area contributed by atoms with Gasteiger partial charge < -0.3 is 5.73 Å². The summed E-state index contributed by atoms with van der Waals surface area (Å²) in [5.74, 6) is 1.34. The molecule has 2 rings (SSSR count). The van der Waals surface area contributed by atoms with Crippen molar-refractivity contribution in [3.63, 3.8) is 0 Å². The lowest BCUT2D eigenvalue weighted by atomic mass is 9.95. The molecule has 0 unspecified atom stereocenters. The maximum Gasteiger partial charge on any atom is 0.319 e. The van der Waals surface area contributed by atoms with E-state index in [0.29, 0.717) is 5.88 Å². The Bertz CT molecular complexity index is 548. The molecule has 0 atom stereocenters. The zero-order chi connectivity index (χ0) is 14.2. The van der Waals surface area contributed by atoms with E-state index in [1.165, 1.54) is 0 Å². The van der Waals surface area contributed by atoms with Crippen LogP contribution >= 0.6 is 11.8 Å². The number of allylic oxidation sites excluding steroid dienone is 1. The van der Waals surface area contributed by atoms with E-state index in [1.54, 1.807) is 22.9 Å². The third-order valence-electron chi connectivity index (χ3n) is 2.90. The number of nitrogens with two attached hydrogens (primary N) is 1. The highest BCUT2D eigenvalue weighted by Crippen LogP contribution is 2.38. The van der Waals surface area contributed by atoms with E-state index in [9.17, 15) is 4.79 Å². The van der Waals surface area contributed by atoms with Gasteiger partial charge in [-0.3, -0.25) is 4.90 Å². The van der Waals surface area contributed by atoms with Crippen LogP contribution in [0.3, 0.4) is 0 Å². The molecule has 5 nitrogen and oxygen atoms in total. The minimum atomic E-state index is -0.426. The summed E-state index contributed by atoms with van der Waals surface area (Å²) in [6.45, 7) is 8.11. The van der Waals surface area contributed by atoms with Crippen LogP contribution in [0.2, 0.25) is 0 Å². The zero-order valence-electron chi connectivity index (χ0n) is 11.6. The molecule has 0 aliphatic carbocycles. The van der Waals surface area contributed by atoms with Crippen LogP contribution in [0.5, 0.6) is 0 Å². The Morgan fingerprint density at radius 1 is 1.47 bits per heavy atom.